The lowest BCUT2D eigenvalue weighted by atomic mass is 9.95. The van der Waals surface area contributed by atoms with Crippen molar-refractivity contribution in [2.24, 2.45) is 5.92 Å². The molecule has 0 N–H and O–H groups in total. The standard InChI is InChI=1S/C23H30FNO3/c1-2-19-16-20(28-19)10-4-3-7-17-8-5-9-18(14-13-17)15-21-22(24)11-6-12-23(21)25(26)27/h3-4,6,11-12,15,17,19-20H,2,5,7-10,13-14,16H2,1H3/b4-3+,18-15-. The quantitative estimate of drug-likeness (QED) is 0.229. The van der Waals surface area contributed by atoms with Gasteiger partial charge in [0.2, 0.25) is 0 Å². The average Bonchev–Trinajstić information content (AvgIpc) is 2.86. The van der Waals surface area contributed by atoms with Crippen LogP contribution < -0.4 is 0 Å². The van der Waals surface area contributed by atoms with E-state index in [0.717, 1.165) is 56.9 Å². The third-order valence-corrected chi connectivity index (χ3v) is 5.96. The summed E-state index contributed by atoms with van der Waals surface area (Å²) in [6, 6.07) is 4.05. The van der Waals surface area contributed by atoms with Crippen molar-refractivity contribution >= 4 is 11.8 Å². The van der Waals surface area contributed by atoms with Gasteiger partial charge in [-0.3, -0.25) is 10.1 Å². The molecule has 1 aliphatic carbocycles. The maximum Gasteiger partial charge on any atom is 0.279 e. The molecule has 1 heterocycles. The van der Waals surface area contributed by atoms with Crippen LogP contribution in [0.5, 0.6) is 0 Å². The van der Waals surface area contributed by atoms with Gasteiger partial charge in [-0.05, 0) is 69.4 Å². The van der Waals surface area contributed by atoms with Crippen molar-refractivity contribution in [3.8, 4) is 0 Å². The second-order valence-electron chi connectivity index (χ2n) is 8.00. The molecule has 3 unspecified atom stereocenters. The first-order valence-electron chi connectivity index (χ1n) is 10.5. The second-order valence-corrected chi connectivity index (χ2v) is 8.00. The molecule has 3 atom stereocenters. The first kappa shape index (κ1) is 20.7. The Morgan fingerprint density at radius 3 is 2.75 bits per heavy atom. The SMILES string of the molecule is CCC1CC(C/C=C/CC2CCC/C(=C/c3c(F)cccc3[N+](=O)[O-])CC2)O1. The van der Waals surface area contributed by atoms with Gasteiger partial charge in [-0.15, -0.1) is 0 Å². The summed E-state index contributed by atoms with van der Waals surface area (Å²) in [5.74, 6) is 0.109. The van der Waals surface area contributed by atoms with Crippen LogP contribution in [0.15, 0.2) is 35.9 Å². The highest BCUT2D eigenvalue weighted by atomic mass is 19.1. The van der Waals surface area contributed by atoms with Crippen LogP contribution >= 0.6 is 0 Å². The van der Waals surface area contributed by atoms with E-state index in [1.54, 1.807) is 6.08 Å². The number of nitrogens with zero attached hydrogens (tertiary/aromatic N) is 1. The normalized spacial score (nSPS) is 26.9. The number of allylic oxidation sites excluding steroid dienone is 2. The molecule has 2 fully saturated rings. The van der Waals surface area contributed by atoms with Gasteiger partial charge in [0.1, 0.15) is 5.82 Å². The summed E-state index contributed by atoms with van der Waals surface area (Å²) in [6.45, 7) is 2.16. The molecule has 1 aromatic rings. The summed E-state index contributed by atoms with van der Waals surface area (Å²) in [4.78, 5) is 10.7. The van der Waals surface area contributed by atoms with Gasteiger partial charge >= 0.3 is 0 Å². The van der Waals surface area contributed by atoms with Gasteiger partial charge in [-0.25, -0.2) is 4.39 Å². The highest BCUT2D eigenvalue weighted by molar-refractivity contribution is 5.63. The van der Waals surface area contributed by atoms with Crippen molar-refractivity contribution in [3.63, 3.8) is 0 Å². The van der Waals surface area contributed by atoms with Gasteiger partial charge in [0.05, 0.1) is 22.7 Å². The number of ether oxygens (including phenoxy) is 1. The van der Waals surface area contributed by atoms with Gasteiger partial charge < -0.3 is 4.74 Å². The molecule has 28 heavy (non-hydrogen) atoms. The van der Waals surface area contributed by atoms with Crippen LogP contribution in [0.2, 0.25) is 0 Å². The zero-order valence-corrected chi connectivity index (χ0v) is 16.6. The number of nitro benzene ring substituents is 1. The van der Waals surface area contributed by atoms with Crippen molar-refractivity contribution < 1.29 is 14.1 Å². The number of rotatable bonds is 7. The Balaban J connectivity index is 1.51. The molecular weight excluding hydrogens is 357 g/mol. The summed E-state index contributed by atoms with van der Waals surface area (Å²) in [5, 5.41) is 11.2. The Labute approximate surface area is 166 Å². The predicted octanol–water partition coefficient (Wildman–Crippen LogP) is 6.60. The van der Waals surface area contributed by atoms with E-state index in [9.17, 15) is 14.5 Å². The zero-order chi connectivity index (χ0) is 19.9. The smallest absolute Gasteiger partial charge is 0.279 e. The molecule has 1 aliphatic heterocycles. The van der Waals surface area contributed by atoms with Crippen LogP contribution in [0.3, 0.4) is 0 Å². The number of nitro groups is 1. The molecule has 1 saturated carbocycles. The molecule has 152 valence electrons. The Morgan fingerprint density at radius 2 is 2.00 bits per heavy atom. The second kappa shape index (κ2) is 9.97. The van der Waals surface area contributed by atoms with Crippen LogP contribution in [-0.4, -0.2) is 17.1 Å². The minimum Gasteiger partial charge on any atom is -0.374 e. The monoisotopic (exact) mass is 387 g/mol. The highest BCUT2D eigenvalue weighted by Crippen LogP contribution is 2.33. The van der Waals surface area contributed by atoms with E-state index < -0.39 is 10.7 Å². The van der Waals surface area contributed by atoms with Gasteiger partial charge in [0.15, 0.2) is 0 Å². The van der Waals surface area contributed by atoms with E-state index in [1.165, 1.54) is 24.6 Å². The Bertz CT molecular complexity index is 737. The third-order valence-electron chi connectivity index (χ3n) is 5.96. The molecule has 3 rings (SSSR count). The summed E-state index contributed by atoms with van der Waals surface area (Å²) in [5.41, 5.74) is 1.08. The lowest BCUT2D eigenvalue weighted by molar-refractivity contribution is -0.385. The van der Waals surface area contributed by atoms with Crippen molar-refractivity contribution in [1.29, 1.82) is 0 Å². The van der Waals surface area contributed by atoms with Gasteiger partial charge in [0, 0.05) is 12.5 Å². The van der Waals surface area contributed by atoms with Gasteiger partial charge in [0.25, 0.3) is 5.69 Å². The van der Waals surface area contributed by atoms with E-state index in [1.807, 2.05) is 0 Å². The van der Waals surface area contributed by atoms with Crippen molar-refractivity contribution in [1.82, 2.24) is 0 Å². The summed E-state index contributed by atoms with van der Waals surface area (Å²) < 4.78 is 19.9. The molecule has 0 spiro atoms. The molecule has 0 amide bonds. The molecule has 0 bridgehead atoms. The lowest BCUT2D eigenvalue weighted by Gasteiger charge is -2.34. The maximum atomic E-state index is 14.1. The average molecular weight is 387 g/mol. The van der Waals surface area contributed by atoms with E-state index in [-0.39, 0.29) is 11.3 Å². The van der Waals surface area contributed by atoms with Crippen molar-refractivity contribution in [3.05, 3.63) is 57.4 Å². The fourth-order valence-electron chi connectivity index (χ4n) is 4.19. The van der Waals surface area contributed by atoms with Crippen molar-refractivity contribution in [2.45, 2.75) is 76.9 Å². The zero-order valence-electron chi connectivity index (χ0n) is 16.6. The van der Waals surface area contributed by atoms with Crippen LogP contribution in [0, 0.1) is 21.8 Å². The minimum absolute atomic E-state index is 0.117. The number of halogens is 1. The predicted molar refractivity (Wildman–Crippen MR) is 110 cm³/mol. The number of hydrogen-bond acceptors (Lipinski definition) is 3. The van der Waals surface area contributed by atoms with E-state index >= 15 is 0 Å². The molecule has 0 aromatic heterocycles. The Morgan fingerprint density at radius 1 is 1.21 bits per heavy atom. The first-order chi connectivity index (χ1) is 13.6. The fourth-order valence-corrected chi connectivity index (χ4v) is 4.19. The number of hydrogen-bond donors (Lipinski definition) is 0. The van der Waals surface area contributed by atoms with Crippen molar-refractivity contribution in [2.75, 3.05) is 0 Å². The molecule has 1 saturated heterocycles. The number of benzene rings is 1. The molecule has 1 aromatic carbocycles. The van der Waals surface area contributed by atoms with Gasteiger partial charge in [-0.1, -0.05) is 30.7 Å². The van der Waals surface area contributed by atoms with Crippen LogP contribution in [0.25, 0.3) is 6.08 Å². The molecule has 0 radical (unpaired) electrons. The van der Waals surface area contributed by atoms with E-state index in [4.69, 9.17) is 4.74 Å². The topological polar surface area (TPSA) is 52.4 Å². The largest absolute Gasteiger partial charge is 0.374 e. The molecule has 2 aliphatic rings. The lowest BCUT2D eigenvalue weighted by Crippen LogP contribution is -2.36. The summed E-state index contributed by atoms with van der Waals surface area (Å²) >= 11 is 0. The minimum atomic E-state index is -0.519. The maximum absolute atomic E-state index is 14.1. The van der Waals surface area contributed by atoms with Gasteiger partial charge in [-0.2, -0.15) is 0 Å². The van der Waals surface area contributed by atoms with E-state index in [2.05, 4.69) is 19.1 Å². The molecule has 4 nitrogen and oxygen atoms in total. The highest BCUT2D eigenvalue weighted by Gasteiger charge is 2.27. The fraction of sp³-hybridized carbons (Fsp3) is 0.565. The summed E-state index contributed by atoms with van der Waals surface area (Å²) in [7, 11) is 0. The van der Waals surface area contributed by atoms with Crippen LogP contribution in [0.4, 0.5) is 10.1 Å². The van der Waals surface area contributed by atoms with Crippen LogP contribution in [0.1, 0.15) is 70.3 Å². The Hall–Kier alpha value is -2.01. The molecule has 5 heteroatoms. The third kappa shape index (κ3) is 5.51. The first-order valence-corrected chi connectivity index (χ1v) is 10.5. The summed E-state index contributed by atoms with van der Waals surface area (Å²) in [6.07, 6.45) is 16.5. The Kier molecular flexibility index (Phi) is 7.37. The van der Waals surface area contributed by atoms with Crippen LogP contribution in [-0.2, 0) is 4.74 Å². The van der Waals surface area contributed by atoms with E-state index in [0.29, 0.717) is 18.1 Å². The molecular formula is C23H30FNO3.